The lowest BCUT2D eigenvalue weighted by atomic mass is 9.70. The van der Waals surface area contributed by atoms with E-state index in [-0.39, 0.29) is 17.9 Å². The second-order valence-corrected chi connectivity index (χ2v) is 8.33. The van der Waals surface area contributed by atoms with E-state index in [2.05, 4.69) is 53.5 Å². The molecule has 0 saturated carbocycles. The number of carbonyl (C=O) groups is 1. The van der Waals surface area contributed by atoms with Crippen LogP contribution in [-0.2, 0) is 15.1 Å². The summed E-state index contributed by atoms with van der Waals surface area (Å²) >= 11 is 0. The summed E-state index contributed by atoms with van der Waals surface area (Å²) in [4.78, 5) is 15.4. The number of hydrogen-bond acceptors (Lipinski definition) is 4. The Bertz CT molecular complexity index is 958. The van der Waals surface area contributed by atoms with Crippen molar-refractivity contribution in [3.05, 3.63) is 71.3 Å². The van der Waals surface area contributed by atoms with E-state index < -0.39 is 5.54 Å². The topological polar surface area (TPSA) is 45.1 Å². The van der Waals surface area contributed by atoms with Crippen molar-refractivity contribution in [3.63, 3.8) is 0 Å². The molecule has 3 aliphatic rings. The van der Waals surface area contributed by atoms with Gasteiger partial charge in [-0.25, -0.2) is 0 Å². The van der Waals surface area contributed by atoms with Crippen LogP contribution in [0, 0.1) is 5.92 Å². The average molecular weight is 389 g/mol. The third-order valence-corrected chi connectivity index (χ3v) is 6.87. The summed E-state index contributed by atoms with van der Waals surface area (Å²) in [6.45, 7) is 1.59. The minimum atomic E-state index is -0.421. The number of likely N-dealkylation sites (tertiary alicyclic amines) is 1. The van der Waals surface area contributed by atoms with Crippen molar-refractivity contribution < 1.29 is 9.53 Å². The molecule has 0 aromatic heterocycles. The van der Waals surface area contributed by atoms with Crippen molar-refractivity contribution in [1.29, 1.82) is 0 Å². The van der Waals surface area contributed by atoms with Gasteiger partial charge in [-0.05, 0) is 30.4 Å². The maximum absolute atomic E-state index is 13.4. The molecule has 5 nitrogen and oxygen atoms in total. The smallest absolute Gasteiger partial charge is 0.232 e. The van der Waals surface area contributed by atoms with E-state index in [1.54, 1.807) is 7.11 Å². The van der Waals surface area contributed by atoms with Crippen LogP contribution in [-0.4, -0.2) is 54.9 Å². The van der Waals surface area contributed by atoms with Crippen LogP contribution in [0.25, 0.3) is 0 Å². The third-order valence-electron chi connectivity index (χ3n) is 6.87. The van der Waals surface area contributed by atoms with Crippen molar-refractivity contribution >= 4 is 11.6 Å². The van der Waals surface area contributed by atoms with Gasteiger partial charge in [-0.1, -0.05) is 54.6 Å². The van der Waals surface area contributed by atoms with Gasteiger partial charge >= 0.3 is 0 Å². The van der Waals surface area contributed by atoms with E-state index in [9.17, 15) is 4.79 Å². The number of amides is 1. The summed E-state index contributed by atoms with van der Waals surface area (Å²) in [7, 11) is 3.68. The Balaban J connectivity index is 1.67. The van der Waals surface area contributed by atoms with Gasteiger partial charge in [0.05, 0.1) is 29.8 Å². The number of nitrogens with zero attached hydrogens (tertiary/aromatic N) is 3. The highest BCUT2D eigenvalue weighted by atomic mass is 16.5. The summed E-state index contributed by atoms with van der Waals surface area (Å²) in [5.41, 5.74) is 3.95. The van der Waals surface area contributed by atoms with Crippen LogP contribution in [0.5, 0.6) is 0 Å². The van der Waals surface area contributed by atoms with E-state index in [4.69, 9.17) is 9.84 Å². The van der Waals surface area contributed by atoms with Crippen molar-refractivity contribution in [2.24, 2.45) is 11.0 Å². The molecule has 0 spiro atoms. The second-order valence-electron chi connectivity index (χ2n) is 8.33. The molecular weight excluding hydrogens is 362 g/mol. The minimum absolute atomic E-state index is 0.159. The number of fused-ring (bicyclic) bond motifs is 4. The Hall–Kier alpha value is -2.66. The molecule has 5 heteroatoms. The van der Waals surface area contributed by atoms with Gasteiger partial charge in [-0.15, -0.1) is 0 Å². The lowest BCUT2D eigenvalue weighted by Crippen LogP contribution is -2.42. The number of hydrazone groups is 1. The molecule has 2 saturated heterocycles. The summed E-state index contributed by atoms with van der Waals surface area (Å²) in [5.74, 6) is -0.0507. The van der Waals surface area contributed by atoms with E-state index in [0.29, 0.717) is 6.61 Å². The molecule has 5 rings (SSSR count). The molecule has 2 aliphatic heterocycles. The van der Waals surface area contributed by atoms with Gasteiger partial charge in [-0.2, -0.15) is 5.10 Å². The molecule has 150 valence electrons. The monoisotopic (exact) mass is 389 g/mol. The maximum Gasteiger partial charge on any atom is 0.232 e. The predicted molar refractivity (Wildman–Crippen MR) is 113 cm³/mol. The lowest BCUT2D eigenvalue weighted by molar-refractivity contribution is -0.130. The van der Waals surface area contributed by atoms with Gasteiger partial charge in [0.2, 0.25) is 5.91 Å². The number of hydrogen-bond donors (Lipinski definition) is 0. The molecular formula is C24H27N3O2. The molecule has 1 amide bonds. The highest BCUT2D eigenvalue weighted by molar-refractivity contribution is 6.17. The molecule has 1 aliphatic carbocycles. The summed E-state index contributed by atoms with van der Waals surface area (Å²) in [5, 5.41) is 7.24. The Morgan fingerprint density at radius 3 is 2.69 bits per heavy atom. The lowest BCUT2D eigenvalue weighted by Gasteiger charge is -2.40. The van der Waals surface area contributed by atoms with Gasteiger partial charge < -0.3 is 9.64 Å². The van der Waals surface area contributed by atoms with E-state index >= 15 is 0 Å². The SMILES string of the molecule is COC[C@@H]1CCCN1/N=C1/c2ccccc2[C@@]2(c3ccccc3)C[C@@H]1C(=O)N2C. The van der Waals surface area contributed by atoms with Crippen LogP contribution < -0.4 is 0 Å². The number of carbonyl (C=O) groups excluding carboxylic acids is 1. The van der Waals surface area contributed by atoms with Gasteiger partial charge in [0, 0.05) is 26.3 Å². The summed E-state index contributed by atoms with van der Waals surface area (Å²) in [6, 6.07) is 19.1. The third kappa shape index (κ3) is 2.64. The molecule has 2 fully saturated rings. The van der Waals surface area contributed by atoms with Gasteiger partial charge in [0.15, 0.2) is 0 Å². The Kier molecular flexibility index (Phi) is 4.43. The van der Waals surface area contributed by atoms with Crippen LogP contribution in [0.3, 0.4) is 0 Å². The van der Waals surface area contributed by atoms with Gasteiger partial charge in [-0.3, -0.25) is 9.80 Å². The molecule has 2 bridgehead atoms. The zero-order valence-electron chi connectivity index (χ0n) is 17.0. The fourth-order valence-electron chi connectivity index (χ4n) is 5.46. The average Bonchev–Trinajstić information content (AvgIpc) is 3.29. The number of benzene rings is 2. The van der Waals surface area contributed by atoms with Crippen molar-refractivity contribution in [2.75, 3.05) is 27.3 Å². The fourth-order valence-corrected chi connectivity index (χ4v) is 5.46. The number of methoxy groups -OCH3 is 1. The van der Waals surface area contributed by atoms with E-state index in [1.807, 2.05) is 18.0 Å². The first-order valence-electron chi connectivity index (χ1n) is 10.4. The van der Waals surface area contributed by atoms with Crippen LogP contribution in [0.15, 0.2) is 59.7 Å². The van der Waals surface area contributed by atoms with Crippen LogP contribution >= 0.6 is 0 Å². The maximum atomic E-state index is 13.4. The quantitative estimate of drug-likeness (QED) is 0.806. The predicted octanol–water partition coefficient (Wildman–Crippen LogP) is 3.24. The normalized spacial score (nSPS) is 29.6. The Labute approximate surface area is 172 Å². The van der Waals surface area contributed by atoms with Gasteiger partial charge in [0.1, 0.15) is 0 Å². The number of rotatable bonds is 4. The van der Waals surface area contributed by atoms with Gasteiger partial charge in [0.25, 0.3) is 0 Å². The molecule has 0 unspecified atom stereocenters. The molecule has 2 heterocycles. The first-order chi connectivity index (χ1) is 14.2. The first-order valence-corrected chi connectivity index (χ1v) is 10.4. The Morgan fingerprint density at radius 2 is 1.90 bits per heavy atom. The molecule has 2 aromatic carbocycles. The van der Waals surface area contributed by atoms with Crippen molar-refractivity contribution in [3.8, 4) is 0 Å². The molecule has 0 N–H and O–H groups in total. The van der Waals surface area contributed by atoms with Crippen LogP contribution in [0.2, 0.25) is 0 Å². The van der Waals surface area contributed by atoms with Crippen molar-refractivity contribution in [1.82, 2.24) is 9.91 Å². The zero-order chi connectivity index (χ0) is 20.0. The summed E-state index contributed by atoms with van der Waals surface area (Å²) < 4.78 is 5.40. The first kappa shape index (κ1) is 18.4. The largest absolute Gasteiger partial charge is 0.382 e. The zero-order valence-corrected chi connectivity index (χ0v) is 17.0. The molecule has 2 aromatic rings. The van der Waals surface area contributed by atoms with Crippen LogP contribution in [0.1, 0.15) is 36.0 Å². The highest BCUT2D eigenvalue weighted by Gasteiger charge is 2.57. The fraction of sp³-hybridized carbons (Fsp3) is 0.417. The molecule has 0 radical (unpaired) electrons. The summed E-state index contributed by atoms with van der Waals surface area (Å²) in [6.07, 6.45) is 2.93. The highest BCUT2D eigenvalue weighted by Crippen LogP contribution is 2.52. The number of ether oxygens (including phenoxy) is 1. The van der Waals surface area contributed by atoms with Crippen molar-refractivity contribution in [2.45, 2.75) is 30.8 Å². The Morgan fingerprint density at radius 1 is 1.14 bits per heavy atom. The standard InChI is InChI=1S/C24H27N3O2/c1-26-23(28)20-15-24(26,17-9-4-3-5-10-17)21-13-7-6-12-19(21)22(20)25-27-14-8-11-18(27)16-29-2/h3-7,9-10,12-13,18,20H,8,11,14-16H2,1-2H3/b25-22-/t18-,20-,24-/m0/s1. The van der Waals surface area contributed by atoms with Crippen LogP contribution in [0.4, 0.5) is 0 Å². The second kappa shape index (κ2) is 6.99. The minimum Gasteiger partial charge on any atom is -0.382 e. The van der Waals surface area contributed by atoms with E-state index in [0.717, 1.165) is 37.1 Å². The molecule has 3 atom stereocenters. The van der Waals surface area contributed by atoms with E-state index in [1.165, 1.54) is 11.1 Å². The molecule has 29 heavy (non-hydrogen) atoms.